The molecule has 1 aromatic rings. The number of carbonyl (C=O) groups excluding carboxylic acids is 1. The predicted molar refractivity (Wildman–Crippen MR) is 142 cm³/mol. The van der Waals surface area contributed by atoms with Crippen LogP contribution < -0.4 is 5.32 Å². The number of rotatable bonds is 7. The molecular formula is C31H48N2O3. The zero-order chi connectivity index (χ0) is 25.5. The quantitative estimate of drug-likeness (QED) is 0.470. The molecule has 0 aliphatic heterocycles. The van der Waals surface area contributed by atoms with Crippen LogP contribution in [0.4, 0.5) is 0 Å². The van der Waals surface area contributed by atoms with Crippen molar-refractivity contribution in [2.45, 2.75) is 104 Å². The Morgan fingerprint density at radius 2 is 2.00 bits per heavy atom. The van der Waals surface area contributed by atoms with Crippen LogP contribution in [0.15, 0.2) is 24.4 Å². The maximum absolute atomic E-state index is 11.8. The molecule has 0 amide bonds. The Hall–Kier alpha value is -1.46. The molecule has 5 rings (SSSR count). The molecule has 4 aliphatic carbocycles. The van der Waals surface area contributed by atoms with E-state index < -0.39 is 0 Å². The fraction of sp³-hybridized carbons (Fsp3) is 0.806. The highest BCUT2D eigenvalue weighted by Gasteiger charge is 2.63. The third-order valence-corrected chi connectivity index (χ3v) is 11.9. The van der Waals surface area contributed by atoms with Crippen molar-refractivity contribution < 1.29 is 14.6 Å². The first-order valence-corrected chi connectivity index (χ1v) is 14.7. The average Bonchev–Trinajstić information content (AvgIpc) is 3.25. The van der Waals surface area contributed by atoms with Crippen molar-refractivity contribution in [1.29, 1.82) is 0 Å². The number of nitrogens with zero attached hydrogens (tertiary/aromatic N) is 1. The Balaban J connectivity index is 1.25. The lowest BCUT2D eigenvalue weighted by Crippen LogP contribution is -2.59. The summed E-state index contributed by atoms with van der Waals surface area (Å²) >= 11 is 0. The van der Waals surface area contributed by atoms with Gasteiger partial charge < -0.3 is 15.2 Å². The molecule has 0 spiro atoms. The Kier molecular flexibility index (Phi) is 7.53. The number of hydrogen-bond donors (Lipinski definition) is 2. The predicted octanol–water partition coefficient (Wildman–Crippen LogP) is 5.76. The topological polar surface area (TPSA) is 71.5 Å². The fourth-order valence-corrected chi connectivity index (χ4v) is 9.77. The van der Waals surface area contributed by atoms with E-state index >= 15 is 0 Å². The largest absolute Gasteiger partial charge is 0.469 e. The summed E-state index contributed by atoms with van der Waals surface area (Å²) < 4.78 is 4.90. The Morgan fingerprint density at radius 1 is 1.17 bits per heavy atom. The van der Waals surface area contributed by atoms with Gasteiger partial charge in [0, 0.05) is 25.2 Å². The zero-order valence-electron chi connectivity index (χ0n) is 22.9. The van der Waals surface area contributed by atoms with Crippen LogP contribution in [-0.2, 0) is 16.1 Å². The van der Waals surface area contributed by atoms with Gasteiger partial charge in [-0.15, -0.1) is 0 Å². The van der Waals surface area contributed by atoms with E-state index in [1.807, 2.05) is 12.3 Å². The monoisotopic (exact) mass is 496 g/mol. The van der Waals surface area contributed by atoms with Gasteiger partial charge in [0.2, 0.25) is 0 Å². The minimum atomic E-state index is -0.229. The SMILES string of the molecule is COC(=O)CCC(C)[C@H]1CCC2C3CC[C@H]4C[C@@H](NCc5ccccn5)CC[C@]4(C)C3C[C@H](O)[C@@]21C. The van der Waals surface area contributed by atoms with Crippen LogP contribution in [0, 0.1) is 46.3 Å². The third kappa shape index (κ3) is 4.53. The third-order valence-electron chi connectivity index (χ3n) is 11.9. The number of hydrogen-bond acceptors (Lipinski definition) is 5. The number of nitrogens with one attached hydrogen (secondary N) is 1. The van der Waals surface area contributed by atoms with E-state index in [9.17, 15) is 9.90 Å². The molecule has 1 heterocycles. The van der Waals surface area contributed by atoms with Gasteiger partial charge in [0.15, 0.2) is 0 Å². The molecule has 4 aliphatic rings. The maximum atomic E-state index is 11.8. The second-order valence-electron chi connectivity index (χ2n) is 13.2. The summed E-state index contributed by atoms with van der Waals surface area (Å²) in [5.74, 6) is 3.59. The molecule has 4 saturated carbocycles. The molecule has 200 valence electrons. The number of aromatic nitrogens is 1. The van der Waals surface area contributed by atoms with Gasteiger partial charge >= 0.3 is 5.97 Å². The molecular weight excluding hydrogens is 448 g/mol. The molecule has 0 saturated heterocycles. The lowest BCUT2D eigenvalue weighted by Gasteiger charge is -2.62. The molecule has 5 nitrogen and oxygen atoms in total. The summed E-state index contributed by atoms with van der Waals surface area (Å²) in [6.45, 7) is 8.13. The normalized spacial score (nSPS) is 42.6. The van der Waals surface area contributed by atoms with Crippen LogP contribution in [-0.4, -0.2) is 35.3 Å². The molecule has 10 atom stereocenters. The number of fused-ring (bicyclic) bond motifs is 5. The second kappa shape index (κ2) is 10.4. The minimum Gasteiger partial charge on any atom is -0.469 e. The lowest BCUT2D eigenvalue weighted by atomic mass is 9.43. The molecule has 4 unspecified atom stereocenters. The smallest absolute Gasteiger partial charge is 0.305 e. The highest BCUT2D eigenvalue weighted by molar-refractivity contribution is 5.69. The summed E-state index contributed by atoms with van der Waals surface area (Å²) in [6, 6.07) is 6.73. The van der Waals surface area contributed by atoms with E-state index in [2.05, 4.69) is 43.2 Å². The second-order valence-corrected chi connectivity index (χ2v) is 13.2. The minimum absolute atomic E-state index is 0.0126. The lowest BCUT2D eigenvalue weighted by molar-refractivity contribution is -0.170. The van der Waals surface area contributed by atoms with Crippen LogP contribution in [0.3, 0.4) is 0 Å². The van der Waals surface area contributed by atoms with Crippen LogP contribution in [0.5, 0.6) is 0 Å². The summed E-state index contributed by atoms with van der Waals surface area (Å²) in [7, 11) is 1.48. The van der Waals surface area contributed by atoms with Gasteiger partial charge in [-0.3, -0.25) is 9.78 Å². The molecule has 4 fully saturated rings. The Labute approximate surface area is 218 Å². The van der Waals surface area contributed by atoms with E-state index in [0.717, 1.165) is 36.9 Å². The van der Waals surface area contributed by atoms with Crippen molar-refractivity contribution in [3.05, 3.63) is 30.1 Å². The summed E-state index contributed by atoms with van der Waals surface area (Å²) in [4.78, 5) is 16.3. The first-order valence-electron chi connectivity index (χ1n) is 14.7. The van der Waals surface area contributed by atoms with Crippen LogP contribution in [0.25, 0.3) is 0 Å². The molecule has 0 radical (unpaired) electrons. The van der Waals surface area contributed by atoms with Crippen LogP contribution in [0.2, 0.25) is 0 Å². The molecule has 36 heavy (non-hydrogen) atoms. The van der Waals surface area contributed by atoms with Crippen LogP contribution in [0.1, 0.15) is 90.7 Å². The van der Waals surface area contributed by atoms with Crippen molar-refractivity contribution in [2.75, 3.05) is 7.11 Å². The number of aliphatic hydroxyl groups is 1. The number of ether oxygens (including phenoxy) is 1. The number of methoxy groups -OCH3 is 1. The molecule has 0 aromatic carbocycles. The number of aliphatic hydroxyl groups excluding tert-OH is 1. The van der Waals surface area contributed by atoms with Gasteiger partial charge in [0.25, 0.3) is 0 Å². The molecule has 0 bridgehead atoms. The maximum Gasteiger partial charge on any atom is 0.305 e. The van der Waals surface area contributed by atoms with E-state index in [1.165, 1.54) is 52.1 Å². The Morgan fingerprint density at radius 3 is 2.75 bits per heavy atom. The number of carbonyl (C=O) groups is 1. The van der Waals surface area contributed by atoms with Gasteiger partial charge in [-0.1, -0.05) is 26.8 Å². The van der Waals surface area contributed by atoms with Crippen molar-refractivity contribution >= 4 is 5.97 Å². The number of esters is 1. The molecule has 2 N–H and O–H groups in total. The van der Waals surface area contributed by atoms with Gasteiger partial charge in [0.05, 0.1) is 18.9 Å². The fourth-order valence-electron chi connectivity index (χ4n) is 9.77. The van der Waals surface area contributed by atoms with Gasteiger partial charge in [-0.2, -0.15) is 0 Å². The van der Waals surface area contributed by atoms with Crippen molar-refractivity contribution in [1.82, 2.24) is 10.3 Å². The highest BCUT2D eigenvalue weighted by atomic mass is 16.5. The summed E-state index contributed by atoms with van der Waals surface area (Å²) in [5, 5.41) is 15.6. The van der Waals surface area contributed by atoms with Crippen molar-refractivity contribution in [3.63, 3.8) is 0 Å². The van der Waals surface area contributed by atoms with Gasteiger partial charge in [-0.05, 0) is 116 Å². The number of pyridine rings is 1. The summed E-state index contributed by atoms with van der Waals surface area (Å²) in [6.07, 6.45) is 12.9. The first-order chi connectivity index (χ1) is 17.3. The summed E-state index contributed by atoms with van der Waals surface area (Å²) in [5.41, 5.74) is 1.46. The van der Waals surface area contributed by atoms with Crippen molar-refractivity contribution in [3.8, 4) is 0 Å². The van der Waals surface area contributed by atoms with Crippen molar-refractivity contribution in [2.24, 2.45) is 46.3 Å². The first kappa shape index (κ1) is 26.2. The zero-order valence-corrected chi connectivity index (χ0v) is 22.9. The highest BCUT2D eigenvalue weighted by Crippen LogP contribution is 2.68. The van der Waals surface area contributed by atoms with Crippen LogP contribution >= 0.6 is 0 Å². The van der Waals surface area contributed by atoms with E-state index in [1.54, 1.807) is 0 Å². The van der Waals surface area contributed by atoms with Gasteiger partial charge in [0.1, 0.15) is 0 Å². The average molecular weight is 497 g/mol. The Bertz CT molecular complexity index is 908. The van der Waals surface area contributed by atoms with E-state index in [-0.39, 0.29) is 17.5 Å². The molecule has 1 aromatic heterocycles. The van der Waals surface area contributed by atoms with E-state index in [4.69, 9.17) is 4.74 Å². The van der Waals surface area contributed by atoms with E-state index in [0.29, 0.717) is 41.5 Å². The van der Waals surface area contributed by atoms with Gasteiger partial charge in [-0.25, -0.2) is 0 Å². The molecule has 5 heteroatoms. The standard InChI is InChI=1S/C31H48N2O3/c1-20(8-13-29(35)36-4)25-11-12-26-24-10-9-21-17-22(33-19-23-7-5-6-16-32-23)14-15-30(21,2)27(24)18-28(34)31(25,26)3/h5-7,16,20-22,24-28,33-34H,8-15,17-19H2,1-4H3/t20?,21-,22-,24?,25+,26?,27?,28-,30-,31+/m0/s1.